The summed E-state index contributed by atoms with van der Waals surface area (Å²) in [5.41, 5.74) is 0. The van der Waals surface area contributed by atoms with E-state index in [1.54, 1.807) is 4.90 Å². The molecule has 1 unspecified atom stereocenters. The molecule has 0 bridgehead atoms. The highest BCUT2D eigenvalue weighted by molar-refractivity contribution is 7.88. The third kappa shape index (κ3) is 4.42. The smallest absolute Gasteiger partial charge is 0.225 e. The molecule has 0 aromatic rings. The minimum atomic E-state index is -3.14. The molecule has 2 saturated heterocycles. The fourth-order valence-corrected chi connectivity index (χ4v) is 4.00. The molecule has 7 nitrogen and oxygen atoms in total. The van der Waals surface area contributed by atoms with Gasteiger partial charge < -0.3 is 10.2 Å². The summed E-state index contributed by atoms with van der Waals surface area (Å²) in [5.74, 6) is -0.145. The largest absolute Gasteiger partial charge is 0.353 e. The molecule has 0 aromatic carbocycles. The standard InChI is InChI=1S/C14H25N3O4S/c1-11(18)16-7-3-4-12(10-16)14(19)15-13-5-8-17(9-6-13)22(2,20)21/h12-13H,3-10H2,1-2H3,(H,15,19). The maximum Gasteiger partial charge on any atom is 0.225 e. The second kappa shape index (κ2) is 6.95. The normalized spacial score (nSPS) is 25.0. The van der Waals surface area contributed by atoms with Gasteiger partial charge >= 0.3 is 0 Å². The molecule has 2 heterocycles. The van der Waals surface area contributed by atoms with Crippen LogP contribution in [0.25, 0.3) is 0 Å². The van der Waals surface area contributed by atoms with Crippen LogP contribution in [0.4, 0.5) is 0 Å². The maximum absolute atomic E-state index is 12.3. The van der Waals surface area contributed by atoms with Gasteiger partial charge in [0.15, 0.2) is 0 Å². The number of nitrogens with zero attached hydrogens (tertiary/aromatic N) is 2. The van der Waals surface area contributed by atoms with Gasteiger partial charge in [0.1, 0.15) is 0 Å². The highest BCUT2D eigenvalue weighted by atomic mass is 32.2. The Hall–Kier alpha value is -1.15. The van der Waals surface area contributed by atoms with Gasteiger partial charge in [0.25, 0.3) is 0 Å². The molecule has 0 aliphatic carbocycles. The van der Waals surface area contributed by atoms with Crippen molar-refractivity contribution in [1.82, 2.24) is 14.5 Å². The number of carbonyl (C=O) groups is 2. The Bertz CT molecular complexity index is 526. The van der Waals surface area contributed by atoms with Gasteiger partial charge in [0.2, 0.25) is 21.8 Å². The fraction of sp³-hybridized carbons (Fsp3) is 0.857. The van der Waals surface area contributed by atoms with Crippen LogP contribution in [0.1, 0.15) is 32.6 Å². The van der Waals surface area contributed by atoms with Crippen molar-refractivity contribution in [3.05, 3.63) is 0 Å². The summed E-state index contributed by atoms with van der Waals surface area (Å²) in [6.07, 6.45) is 4.15. The van der Waals surface area contributed by atoms with Crippen molar-refractivity contribution >= 4 is 21.8 Å². The second-order valence-corrected chi connectivity index (χ2v) is 8.23. The predicted octanol–water partition coefficient (Wildman–Crippen LogP) is -0.215. The van der Waals surface area contributed by atoms with E-state index in [9.17, 15) is 18.0 Å². The van der Waals surface area contributed by atoms with Crippen LogP contribution in [-0.4, -0.2) is 67.9 Å². The average Bonchev–Trinajstić information content (AvgIpc) is 2.47. The first-order valence-electron chi connectivity index (χ1n) is 7.78. The van der Waals surface area contributed by atoms with E-state index in [1.807, 2.05) is 0 Å². The SMILES string of the molecule is CC(=O)N1CCCC(C(=O)NC2CCN(S(C)(=O)=O)CC2)C1. The van der Waals surface area contributed by atoms with Gasteiger partial charge in [-0.1, -0.05) is 0 Å². The van der Waals surface area contributed by atoms with E-state index in [0.29, 0.717) is 32.5 Å². The van der Waals surface area contributed by atoms with Crippen LogP contribution >= 0.6 is 0 Å². The molecular weight excluding hydrogens is 306 g/mol. The molecule has 2 aliphatic heterocycles. The van der Waals surface area contributed by atoms with Crippen molar-refractivity contribution < 1.29 is 18.0 Å². The number of carbonyl (C=O) groups excluding carboxylic acids is 2. The summed E-state index contributed by atoms with van der Waals surface area (Å²) in [6.45, 7) is 3.65. The quantitative estimate of drug-likeness (QED) is 0.775. The summed E-state index contributed by atoms with van der Waals surface area (Å²) in [7, 11) is -3.14. The van der Waals surface area contributed by atoms with Gasteiger partial charge in [-0.05, 0) is 25.7 Å². The van der Waals surface area contributed by atoms with Crippen molar-refractivity contribution in [2.45, 2.75) is 38.6 Å². The molecule has 0 saturated carbocycles. The lowest BCUT2D eigenvalue weighted by Gasteiger charge is -2.34. The highest BCUT2D eigenvalue weighted by Gasteiger charge is 2.30. The molecule has 1 atom stereocenters. The highest BCUT2D eigenvalue weighted by Crippen LogP contribution is 2.19. The van der Waals surface area contributed by atoms with Crippen LogP contribution in [0.3, 0.4) is 0 Å². The lowest BCUT2D eigenvalue weighted by molar-refractivity contribution is -0.134. The van der Waals surface area contributed by atoms with Crippen molar-refractivity contribution in [3.8, 4) is 0 Å². The molecular formula is C14H25N3O4S. The molecule has 1 N–H and O–H groups in total. The first-order chi connectivity index (χ1) is 10.3. The van der Waals surface area contributed by atoms with Crippen LogP contribution in [0.15, 0.2) is 0 Å². The molecule has 0 spiro atoms. The zero-order chi connectivity index (χ0) is 16.3. The number of hydrogen-bond acceptors (Lipinski definition) is 4. The fourth-order valence-electron chi connectivity index (χ4n) is 3.13. The summed E-state index contributed by atoms with van der Waals surface area (Å²) < 4.78 is 24.4. The summed E-state index contributed by atoms with van der Waals surface area (Å²) in [6, 6.07) is 0.0261. The second-order valence-electron chi connectivity index (χ2n) is 6.25. The third-order valence-corrected chi connectivity index (χ3v) is 5.81. The average molecular weight is 331 g/mol. The number of amides is 2. The molecule has 2 fully saturated rings. The van der Waals surface area contributed by atoms with Gasteiger partial charge in [0.05, 0.1) is 12.2 Å². The van der Waals surface area contributed by atoms with Crippen molar-refractivity contribution in [3.63, 3.8) is 0 Å². The van der Waals surface area contributed by atoms with E-state index in [2.05, 4.69) is 5.32 Å². The van der Waals surface area contributed by atoms with Gasteiger partial charge in [-0.15, -0.1) is 0 Å². The molecule has 0 radical (unpaired) electrons. The molecule has 8 heteroatoms. The monoisotopic (exact) mass is 331 g/mol. The van der Waals surface area contributed by atoms with Gasteiger partial charge in [-0.25, -0.2) is 12.7 Å². The maximum atomic E-state index is 12.3. The lowest BCUT2D eigenvalue weighted by atomic mass is 9.96. The first kappa shape index (κ1) is 17.2. The van der Waals surface area contributed by atoms with Crippen LogP contribution in [0, 0.1) is 5.92 Å². The lowest BCUT2D eigenvalue weighted by Crippen LogP contribution is -2.50. The van der Waals surface area contributed by atoms with Gasteiger partial charge in [0, 0.05) is 39.1 Å². The van der Waals surface area contributed by atoms with Crippen LogP contribution < -0.4 is 5.32 Å². The Balaban J connectivity index is 1.82. The molecule has 2 aliphatic rings. The van der Waals surface area contributed by atoms with E-state index in [0.717, 1.165) is 19.4 Å². The van der Waals surface area contributed by atoms with Gasteiger partial charge in [-0.3, -0.25) is 9.59 Å². The zero-order valence-electron chi connectivity index (χ0n) is 13.2. The number of sulfonamides is 1. The Kier molecular flexibility index (Phi) is 5.44. The predicted molar refractivity (Wildman–Crippen MR) is 82.6 cm³/mol. The zero-order valence-corrected chi connectivity index (χ0v) is 14.1. The number of nitrogens with one attached hydrogen (secondary N) is 1. The Labute approximate surface area is 132 Å². The van der Waals surface area contributed by atoms with E-state index < -0.39 is 10.0 Å². The van der Waals surface area contributed by atoms with Crippen LogP contribution in [0.2, 0.25) is 0 Å². The number of hydrogen-bond donors (Lipinski definition) is 1. The number of likely N-dealkylation sites (tertiary alicyclic amines) is 1. The van der Waals surface area contributed by atoms with E-state index in [-0.39, 0.29) is 23.8 Å². The van der Waals surface area contributed by atoms with Gasteiger partial charge in [-0.2, -0.15) is 0 Å². The molecule has 0 aromatic heterocycles. The number of rotatable bonds is 3. The number of piperidine rings is 2. The van der Waals surface area contributed by atoms with E-state index in [4.69, 9.17) is 0 Å². The Morgan fingerprint density at radius 3 is 2.27 bits per heavy atom. The van der Waals surface area contributed by atoms with Crippen molar-refractivity contribution in [2.75, 3.05) is 32.4 Å². The molecule has 2 rings (SSSR count). The Morgan fingerprint density at radius 1 is 1.09 bits per heavy atom. The molecule has 126 valence electrons. The van der Waals surface area contributed by atoms with E-state index >= 15 is 0 Å². The van der Waals surface area contributed by atoms with E-state index in [1.165, 1.54) is 17.5 Å². The Morgan fingerprint density at radius 2 is 1.73 bits per heavy atom. The minimum Gasteiger partial charge on any atom is -0.353 e. The summed E-state index contributed by atoms with van der Waals surface area (Å²) in [5, 5.41) is 3.02. The molecule has 22 heavy (non-hydrogen) atoms. The van der Waals surface area contributed by atoms with Crippen molar-refractivity contribution in [2.24, 2.45) is 5.92 Å². The molecule has 2 amide bonds. The van der Waals surface area contributed by atoms with Crippen molar-refractivity contribution in [1.29, 1.82) is 0 Å². The summed E-state index contributed by atoms with van der Waals surface area (Å²) in [4.78, 5) is 25.5. The van der Waals surface area contributed by atoms with Crippen LogP contribution in [0.5, 0.6) is 0 Å². The topological polar surface area (TPSA) is 86.8 Å². The van der Waals surface area contributed by atoms with Crippen LogP contribution in [-0.2, 0) is 19.6 Å². The third-order valence-electron chi connectivity index (χ3n) is 4.51. The summed E-state index contributed by atoms with van der Waals surface area (Å²) >= 11 is 0. The first-order valence-corrected chi connectivity index (χ1v) is 9.63. The minimum absolute atomic E-state index is 0.0104.